The summed E-state index contributed by atoms with van der Waals surface area (Å²) >= 11 is 0. The molecule has 3 aromatic rings. The lowest BCUT2D eigenvalue weighted by atomic mass is 9.96. The maximum Gasteiger partial charge on any atom is 0.119 e. The molecule has 2 heteroatoms. The normalized spacial score (nSPS) is 14.7. The number of hydrogen-bond donors (Lipinski definition) is 0. The van der Waals surface area contributed by atoms with E-state index in [-0.39, 0.29) is 0 Å². The van der Waals surface area contributed by atoms with Crippen LogP contribution in [0, 0.1) is 0 Å². The average Bonchev–Trinajstić information content (AvgIpc) is 2.90. The number of allylic oxidation sites excluding steroid dienone is 1. The fourth-order valence-electron chi connectivity index (χ4n) is 3.65. The quantitative estimate of drug-likeness (QED) is 0.519. The van der Waals surface area contributed by atoms with Gasteiger partial charge in [0.25, 0.3) is 0 Å². The highest BCUT2D eigenvalue weighted by atomic mass is 16.5. The van der Waals surface area contributed by atoms with Crippen LogP contribution in [-0.4, -0.2) is 10.7 Å². The minimum Gasteiger partial charge on any atom is -0.490 e. The van der Waals surface area contributed by atoms with E-state index >= 15 is 0 Å². The highest BCUT2D eigenvalue weighted by Gasteiger charge is 2.19. The van der Waals surface area contributed by atoms with Gasteiger partial charge in [-0.25, -0.2) is 0 Å². The minimum absolute atomic E-state index is 0.419. The molecule has 26 heavy (non-hydrogen) atoms. The van der Waals surface area contributed by atoms with Gasteiger partial charge in [-0.1, -0.05) is 43.0 Å². The van der Waals surface area contributed by atoms with Crippen LogP contribution in [0.5, 0.6) is 5.75 Å². The van der Waals surface area contributed by atoms with E-state index in [1.165, 1.54) is 52.5 Å². The van der Waals surface area contributed by atoms with E-state index in [4.69, 9.17) is 4.74 Å². The molecule has 0 amide bonds. The molecule has 0 N–H and O–H groups in total. The molecule has 1 aliphatic carbocycles. The molecule has 0 saturated heterocycles. The first kappa shape index (κ1) is 16.7. The molecule has 0 aliphatic heterocycles. The Morgan fingerprint density at radius 2 is 1.81 bits per heavy atom. The highest BCUT2D eigenvalue weighted by Crippen LogP contribution is 2.32. The van der Waals surface area contributed by atoms with Crippen LogP contribution in [-0.2, 0) is 7.05 Å². The zero-order valence-corrected chi connectivity index (χ0v) is 15.5. The van der Waals surface area contributed by atoms with Crippen LogP contribution in [0.15, 0.2) is 55.1 Å². The number of aromatic nitrogens is 1. The Labute approximate surface area is 155 Å². The molecular formula is C24H25NO. The topological polar surface area (TPSA) is 14.2 Å². The third-order valence-corrected chi connectivity index (χ3v) is 5.36. The molecule has 1 fully saturated rings. The van der Waals surface area contributed by atoms with E-state index in [9.17, 15) is 0 Å². The van der Waals surface area contributed by atoms with Crippen molar-refractivity contribution >= 4 is 23.1 Å². The van der Waals surface area contributed by atoms with Crippen molar-refractivity contribution in [2.24, 2.45) is 7.05 Å². The molecule has 0 atom stereocenters. The number of rotatable bonds is 5. The maximum absolute atomic E-state index is 5.97. The third kappa shape index (κ3) is 2.86. The van der Waals surface area contributed by atoms with Crippen LogP contribution in [0.3, 0.4) is 0 Å². The molecule has 1 saturated carbocycles. The summed E-state index contributed by atoms with van der Waals surface area (Å²) in [7, 11) is 2.12. The van der Waals surface area contributed by atoms with Crippen molar-refractivity contribution in [2.75, 3.05) is 0 Å². The second-order valence-electron chi connectivity index (χ2n) is 6.99. The zero-order valence-electron chi connectivity index (χ0n) is 15.5. The summed E-state index contributed by atoms with van der Waals surface area (Å²) in [5, 5.41) is 1.24. The van der Waals surface area contributed by atoms with Gasteiger partial charge in [0.2, 0.25) is 0 Å². The molecule has 1 aromatic heterocycles. The first-order valence-corrected chi connectivity index (χ1v) is 9.36. The van der Waals surface area contributed by atoms with Gasteiger partial charge in [0, 0.05) is 29.2 Å². The third-order valence-electron chi connectivity index (χ3n) is 5.36. The van der Waals surface area contributed by atoms with Gasteiger partial charge in [-0.05, 0) is 61.6 Å². The van der Waals surface area contributed by atoms with E-state index < -0.39 is 0 Å². The maximum atomic E-state index is 5.97. The summed E-state index contributed by atoms with van der Waals surface area (Å²) in [6.45, 7) is 6.05. The number of aryl methyl sites for hydroxylation is 1. The van der Waals surface area contributed by atoms with Crippen molar-refractivity contribution in [1.29, 1.82) is 0 Å². The summed E-state index contributed by atoms with van der Waals surface area (Å²) < 4.78 is 8.21. The van der Waals surface area contributed by atoms with Gasteiger partial charge in [0.1, 0.15) is 5.75 Å². The van der Waals surface area contributed by atoms with E-state index in [0.29, 0.717) is 6.10 Å². The van der Waals surface area contributed by atoms with Crippen LogP contribution in [0.1, 0.15) is 37.4 Å². The van der Waals surface area contributed by atoms with Gasteiger partial charge in [-0.15, -0.1) is 0 Å². The summed E-state index contributed by atoms with van der Waals surface area (Å²) in [6, 6.07) is 15.1. The molecular weight excluding hydrogens is 318 g/mol. The lowest BCUT2D eigenvalue weighted by molar-refractivity contribution is 0.120. The predicted molar refractivity (Wildman–Crippen MR) is 111 cm³/mol. The Morgan fingerprint density at radius 3 is 2.42 bits per heavy atom. The van der Waals surface area contributed by atoms with Crippen LogP contribution >= 0.6 is 0 Å². The number of ether oxygens (including phenoxy) is 1. The zero-order chi connectivity index (χ0) is 18.1. The molecule has 0 unspecified atom stereocenters. The SMILES string of the molecule is C=Cc1c(/C=C\C)n(C)c2cc(-c3ccc(OC4CCC4)cc3)ccc12. The molecule has 0 spiro atoms. The molecule has 132 valence electrons. The summed E-state index contributed by atoms with van der Waals surface area (Å²) in [4.78, 5) is 0. The van der Waals surface area contributed by atoms with Crippen molar-refractivity contribution in [2.45, 2.75) is 32.3 Å². The number of fused-ring (bicyclic) bond motifs is 1. The smallest absolute Gasteiger partial charge is 0.119 e. The van der Waals surface area contributed by atoms with Crippen LogP contribution in [0.25, 0.3) is 34.2 Å². The minimum atomic E-state index is 0.419. The Morgan fingerprint density at radius 1 is 1.08 bits per heavy atom. The van der Waals surface area contributed by atoms with Gasteiger partial charge in [0.05, 0.1) is 6.10 Å². The van der Waals surface area contributed by atoms with Crippen molar-refractivity contribution in [1.82, 2.24) is 4.57 Å². The van der Waals surface area contributed by atoms with Gasteiger partial charge in [-0.2, -0.15) is 0 Å². The van der Waals surface area contributed by atoms with Gasteiger partial charge in [0.15, 0.2) is 0 Å². The Balaban J connectivity index is 1.70. The van der Waals surface area contributed by atoms with Crippen molar-refractivity contribution < 1.29 is 4.74 Å². The fourth-order valence-corrected chi connectivity index (χ4v) is 3.65. The van der Waals surface area contributed by atoms with Gasteiger partial charge < -0.3 is 9.30 Å². The lowest BCUT2D eigenvalue weighted by Gasteiger charge is -2.26. The number of nitrogens with zero attached hydrogens (tertiary/aromatic N) is 1. The molecule has 2 aromatic carbocycles. The van der Waals surface area contributed by atoms with E-state index in [0.717, 1.165) is 5.75 Å². The van der Waals surface area contributed by atoms with Crippen molar-refractivity contribution in [3.8, 4) is 16.9 Å². The Bertz CT molecular complexity index is 972. The molecule has 4 rings (SSSR count). The summed E-state index contributed by atoms with van der Waals surface area (Å²) in [6.07, 6.45) is 10.2. The fraction of sp³-hybridized carbons (Fsp3) is 0.250. The number of hydrogen-bond acceptors (Lipinski definition) is 1. The van der Waals surface area contributed by atoms with Crippen LogP contribution in [0.2, 0.25) is 0 Å². The lowest BCUT2D eigenvalue weighted by Crippen LogP contribution is -2.24. The van der Waals surface area contributed by atoms with E-state index in [1.54, 1.807) is 0 Å². The van der Waals surface area contributed by atoms with E-state index in [2.05, 4.69) is 72.8 Å². The van der Waals surface area contributed by atoms with Gasteiger partial charge >= 0.3 is 0 Å². The molecule has 0 bridgehead atoms. The molecule has 0 radical (unpaired) electrons. The first-order valence-electron chi connectivity index (χ1n) is 9.36. The monoisotopic (exact) mass is 343 g/mol. The summed E-state index contributed by atoms with van der Waals surface area (Å²) in [5.74, 6) is 0.975. The Kier molecular flexibility index (Phi) is 4.42. The second-order valence-corrected chi connectivity index (χ2v) is 6.99. The summed E-state index contributed by atoms with van der Waals surface area (Å²) in [5.41, 5.74) is 6.04. The highest BCUT2D eigenvalue weighted by molar-refractivity contribution is 5.96. The molecule has 1 aliphatic rings. The first-order chi connectivity index (χ1) is 12.7. The van der Waals surface area contributed by atoms with Crippen LogP contribution < -0.4 is 4.74 Å². The van der Waals surface area contributed by atoms with Crippen molar-refractivity contribution in [3.05, 3.63) is 66.4 Å². The average molecular weight is 343 g/mol. The Hall–Kier alpha value is -2.74. The van der Waals surface area contributed by atoms with Gasteiger partial charge in [-0.3, -0.25) is 0 Å². The van der Waals surface area contributed by atoms with E-state index in [1.807, 2.05) is 13.0 Å². The standard InChI is InChI=1S/C24H25NO/c1-4-7-23-21(5-2)22-15-12-18(16-24(22)25(23)3)17-10-13-20(14-11-17)26-19-8-6-9-19/h4-5,7,10-16,19H,2,6,8-9H2,1,3H3/b7-4-. The molecule has 2 nitrogen and oxygen atoms in total. The second kappa shape index (κ2) is 6.87. The number of benzene rings is 2. The largest absolute Gasteiger partial charge is 0.490 e. The van der Waals surface area contributed by atoms with Crippen molar-refractivity contribution in [3.63, 3.8) is 0 Å². The van der Waals surface area contributed by atoms with Crippen LogP contribution in [0.4, 0.5) is 0 Å². The predicted octanol–water partition coefficient (Wildman–Crippen LogP) is 6.45. The molecule has 1 heterocycles.